The predicted molar refractivity (Wildman–Crippen MR) is 40.6 cm³/mol. The highest BCUT2D eigenvalue weighted by atomic mass is 79.9. The summed E-state index contributed by atoms with van der Waals surface area (Å²) in [7, 11) is 0. The second-order valence-corrected chi connectivity index (χ2v) is 2.68. The molecule has 0 unspecified atom stereocenters. The van der Waals surface area contributed by atoms with Gasteiger partial charge in [0.15, 0.2) is 5.69 Å². The molecular formula is C6H4BrNO3. The normalized spacial score (nSPS) is 9.55. The van der Waals surface area contributed by atoms with E-state index in [0.29, 0.717) is 4.47 Å². The van der Waals surface area contributed by atoms with Crippen molar-refractivity contribution in [3.8, 4) is 5.75 Å². The fourth-order valence-electron chi connectivity index (χ4n) is 0.545. The molecule has 0 aliphatic heterocycles. The van der Waals surface area contributed by atoms with E-state index in [4.69, 9.17) is 10.2 Å². The minimum atomic E-state index is -1.16. The molecule has 0 spiro atoms. The zero-order valence-corrected chi connectivity index (χ0v) is 6.87. The van der Waals surface area contributed by atoms with Gasteiger partial charge in [0.25, 0.3) is 0 Å². The number of aromatic nitrogens is 1. The van der Waals surface area contributed by atoms with E-state index in [9.17, 15) is 4.79 Å². The Morgan fingerprint density at radius 3 is 2.73 bits per heavy atom. The molecule has 11 heavy (non-hydrogen) atoms. The van der Waals surface area contributed by atoms with Crippen LogP contribution in [0.3, 0.4) is 0 Å². The summed E-state index contributed by atoms with van der Waals surface area (Å²) in [6.45, 7) is 0. The van der Waals surface area contributed by atoms with Gasteiger partial charge in [0, 0.05) is 12.3 Å². The maximum Gasteiger partial charge on any atom is 0.354 e. The van der Waals surface area contributed by atoms with E-state index in [1.54, 1.807) is 0 Å². The highest BCUT2D eigenvalue weighted by Gasteiger charge is 2.06. The molecule has 5 heteroatoms. The Bertz CT molecular complexity index is 300. The van der Waals surface area contributed by atoms with Crippen molar-refractivity contribution in [2.75, 3.05) is 0 Å². The fraction of sp³-hybridized carbons (Fsp3) is 0. The van der Waals surface area contributed by atoms with E-state index < -0.39 is 5.97 Å². The molecule has 0 atom stereocenters. The van der Waals surface area contributed by atoms with Gasteiger partial charge in [-0.15, -0.1) is 0 Å². The summed E-state index contributed by atoms with van der Waals surface area (Å²) in [5.41, 5.74) is -0.175. The summed E-state index contributed by atoms with van der Waals surface area (Å²) >= 11 is 2.97. The van der Waals surface area contributed by atoms with Crippen LogP contribution in [0, 0.1) is 0 Å². The fourth-order valence-corrected chi connectivity index (χ4v) is 0.762. The van der Waals surface area contributed by atoms with E-state index >= 15 is 0 Å². The summed E-state index contributed by atoms with van der Waals surface area (Å²) in [6.07, 6.45) is 1.23. The van der Waals surface area contributed by atoms with Crippen LogP contribution in [0.1, 0.15) is 10.5 Å². The second-order valence-electron chi connectivity index (χ2n) is 1.83. The summed E-state index contributed by atoms with van der Waals surface area (Å²) < 4.78 is 0.377. The Balaban J connectivity index is 3.15. The number of hydrogen-bond acceptors (Lipinski definition) is 3. The van der Waals surface area contributed by atoms with Gasteiger partial charge in [-0.3, -0.25) is 0 Å². The van der Waals surface area contributed by atoms with E-state index in [1.165, 1.54) is 6.20 Å². The Labute approximate surface area is 70.6 Å². The number of hydrogen-bond donors (Lipinski definition) is 2. The Morgan fingerprint density at radius 2 is 2.27 bits per heavy atom. The molecule has 58 valence electrons. The number of halogens is 1. The molecule has 0 fully saturated rings. The topological polar surface area (TPSA) is 70.4 Å². The van der Waals surface area contributed by atoms with Crippen LogP contribution in [0.5, 0.6) is 5.75 Å². The number of carboxylic acids is 1. The smallest absolute Gasteiger partial charge is 0.354 e. The Kier molecular flexibility index (Phi) is 2.09. The molecule has 0 saturated heterocycles. The van der Waals surface area contributed by atoms with Crippen molar-refractivity contribution in [3.05, 3.63) is 22.4 Å². The van der Waals surface area contributed by atoms with Crippen LogP contribution in [0.2, 0.25) is 0 Å². The van der Waals surface area contributed by atoms with Gasteiger partial charge in [-0.2, -0.15) is 0 Å². The van der Waals surface area contributed by atoms with Crippen LogP contribution in [-0.4, -0.2) is 21.2 Å². The maximum absolute atomic E-state index is 10.3. The van der Waals surface area contributed by atoms with Gasteiger partial charge in [0.05, 0.1) is 4.47 Å². The highest BCUT2D eigenvalue weighted by Crippen LogP contribution is 2.22. The molecule has 2 N–H and O–H groups in total. The Hall–Kier alpha value is -1.10. The first-order chi connectivity index (χ1) is 5.11. The summed E-state index contributed by atoms with van der Waals surface area (Å²) in [4.78, 5) is 13.8. The van der Waals surface area contributed by atoms with Gasteiger partial charge in [-0.25, -0.2) is 9.78 Å². The average Bonchev–Trinajstić information content (AvgIpc) is 1.94. The lowest BCUT2D eigenvalue weighted by Gasteiger charge is -1.96. The van der Waals surface area contributed by atoms with Crippen molar-refractivity contribution in [1.29, 1.82) is 0 Å². The molecule has 0 bridgehead atoms. The van der Waals surface area contributed by atoms with Gasteiger partial charge >= 0.3 is 5.97 Å². The minimum absolute atomic E-state index is 0.127. The molecule has 1 heterocycles. The number of aromatic carboxylic acids is 1. The van der Waals surface area contributed by atoms with E-state index in [-0.39, 0.29) is 11.4 Å². The molecule has 0 aliphatic carbocycles. The van der Waals surface area contributed by atoms with Crippen LogP contribution in [0.4, 0.5) is 0 Å². The zero-order chi connectivity index (χ0) is 8.43. The van der Waals surface area contributed by atoms with Crippen molar-refractivity contribution in [2.24, 2.45) is 0 Å². The lowest BCUT2D eigenvalue weighted by molar-refractivity contribution is 0.0690. The minimum Gasteiger partial charge on any atom is -0.507 e. The quantitative estimate of drug-likeness (QED) is 0.743. The highest BCUT2D eigenvalue weighted by molar-refractivity contribution is 9.10. The van der Waals surface area contributed by atoms with E-state index in [1.807, 2.05) is 0 Å². The monoisotopic (exact) mass is 217 g/mol. The summed E-state index contributed by atoms with van der Waals surface area (Å²) in [6, 6.07) is 1.08. The third-order valence-electron chi connectivity index (χ3n) is 1.05. The van der Waals surface area contributed by atoms with Crippen LogP contribution in [0.15, 0.2) is 16.7 Å². The van der Waals surface area contributed by atoms with Crippen LogP contribution >= 0.6 is 15.9 Å². The van der Waals surface area contributed by atoms with Crippen molar-refractivity contribution in [2.45, 2.75) is 0 Å². The predicted octanol–water partition coefficient (Wildman–Crippen LogP) is 1.25. The van der Waals surface area contributed by atoms with Crippen molar-refractivity contribution in [1.82, 2.24) is 4.98 Å². The zero-order valence-electron chi connectivity index (χ0n) is 5.28. The molecule has 0 saturated carbocycles. The summed E-state index contributed by atoms with van der Waals surface area (Å²) in [5, 5.41) is 17.4. The molecular weight excluding hydrogens is 214 g/mol. The molecule has 1 aromatic rings. The van der Waals surface area contributed by atoms with E-state index in [0.717, 1.165) is 6.07 Å². The Morgan fingerprint density at radius 1 is 1.64 bits per heavy atom. The van der Waals surface area contributed by atoms with Gasteiger partial charge in [-0.1, -0.05) is 0 Å². The number of aromatic hydroxyl groups is 1. The third kappa shape index (κ3) is 1.68. The van der Waals surface area contributed by atoms with Gasteiger partial charge < -0.3 is 10.2 Å². The number of carbonyl (C=O) groups is 1. The molecule has 0 amide bonds. The van der Waals surface area contributed by atoms with Crippen molar-refractivity contribution >= 4 is 21.9 Å². The molecule has 4 nitrogen and oxygen atoms in total. The average molecular weight is 218 g/mol. The van der Waals surface area contributed by atoms with Gasteiger partial charge in [-0.05, 0) is 15.9 Å². The molecule has 1 aromatic heterocycles. The SMILES string of the molecule is O=C(O)c1cc(O)c(Br)cn1. The first-order valence-electron chi connectivity index (χ1n) is 2.69. The van der Waals surface area contributed by atoms with Crippen LogP contribution in [-0.2, 0) is 0 Å². The maximum atomic E-state index is 10.3. The molecule has 0 aromatic carbocycles. The largest absolute Gasteiger partial charge is 0.507 e. The van der Waals surface area contributed by atoms with Crippen molar-refractivity contribution in [3.63, 3.8) is 0 Å². The van der Waals surface area contributed by atoms with Crippen LogP contribution < -0.4 is 0 Å². The number of pyridine rings is 1. The first kappa shape index (κ1) is 8.00. The first-order valence-corrected chi connectivity index (χ1v) is 3.48. The lowest BCUT2D eigenvalue weighted by Crippen LogP contribution is -1.98. The number of carboxylic acid groups (broad SMARTS) is 1. The molecule has 1 rings (SSSR count). The number of rotatable bonds is 1. The molecule has 0 radical (unpaired) electrons. The number of nitrogens with zero attached hydrogens (tertiary/aromatic N) is 1. The van der Waals surface area contributed by atoms with Crippen molar-refractivity contribution < 1.29 is 15.0 Å². The summed E-state index contributed by atoms with van der Waals surface area (Å²) in [5.74, 6) is -1.29. The molecule has 0 aliphatic rings. The second kappa shape index (κ2) is 2.87. The lowest BCUT2D eigenvalue weighted by atomic mass is 10.3. The van der Waals surface area contributed by atoms with Gasteiger partial charge in [0.1, 0.15) is 5.75 Å². The van der Waals surface area contributed by atoms with E-state index in [2.05, 4.69) is 20.9 Å². The third-order valence-corrected chi connectivity index (χ3v) is 1.67. The standard InChI is InChI=1S/C6H4BrNO3/c7-3-2-8-4(6(10)11)1-5(3)9/h1-2H,(H,8,9)(H,10,11). The van der Waals surface area contributed by atoms with Crippen LogP contribution in [0.25, 0.3) is 0 Å². The van der Waals surface area contributed by atoms with Gasteiger partial charge in [0.2, 0.25) is 0 Å².